The van der Waals surface area contributed by atoms with E-state index in [1.54, 1.807) is 12.3 Å². The van der Waals surface area contributed by atoms with Crippen molar-refractivity contribution < 1.29 is 13.0 Å². The molecule has 2 rings (SSSR count). The summed E-state index contributed by atoms with van der Waals surface area (Å²) in [5.74, 6) is 0. The number of H-pyrrole nitrogens is 1. The fourth-order valence-electron chi connectivity index (χ4n) is 1.25. The van der Waals surface area contributed by atoms with Gasteiger partial charge in [-0.25, -0.2) is 0 Å². The van der Waals surface area contributed by atoms with Crippen LogP contribution in [0, 0.1) is 0 Å². The normalized spacial score (nSPS) is 12.1. The zero-order valence-corrected chi connectivity index (χ0v) is 8.43. The molecule has 0 fully saturated rings. The van der Waals surface area contributed by atoms with Crippen LogP contribution in [0.4, 0.5) is 0 Å². The largest absolute Gasteiger partial charge is 0.361 e. The van der Waals surface area contributed by atoms with E-state index in [9.17, 15) is 8.42 Å². The van der Waals surface area contributed by atoms with E-state index < -0.39 is 10.1 Å². The molecule has 0 aliphatic heterocycles. The first kappa shape index (κ1) is 9.51. The van der Waals surface area contributed by atoms with Gasteiger partial charge in [-0.3, -0.25) is 4.55 Å². The molecule has 0 spiro atoms. The molecule has 0 amide bonds. The smallest absolute Gasteiger partial charge is 0.296 e. The summed E-state index contributed by atoms with van der Waals surface area (Å²) in [5, 5.41) is 0.807. The number of aromatic nitrogens is 1. The van der Waals surface area contributed by atoms with Crippen molar-refractivity contribution in [3.63, 3.8) is 0 Å². The first-order valence-corrected chi connectivity index (χ1v) is 5.54. The molecule has 0 bridgehead atoms. The quantitative estimate of drug-likeness (QED) is 0.738. The van der Waals surface area contributed by atoms with Gasteiger partial charge in [0.15, 0.2) is 0 Å². The van der Waals surface area contributed by atoms with Crippen molar-refractivity contribution in [2.75, 3.05) is 0 Å². The molecule has 2 aromatic rings. The van der Waals surface area contributed by atoms with E-state index in [-0.39, 0.29) is 9.92 Å². The number of nitrogens with one attached hydrogen (secondary N) is 1. The number of hydrogen-bond acceptors (Lipinski definition) is 2. The fourth-order valence-corrected chi connectivity index (χ4v) is 2.29. The summed E-state index contributed by atoms with van der Waals surface area (Å²) in [6.45, 7) is 0. The first-order chi connectivity index (χ1) is 6.48. The van der Waals surface area contributed by atoms with Crippen LogP contribution in [-0.2, 0) is 10.1 Å². The maximum Gasteiger partial charge on any atom is 0.296 e. The van der Waals surface area contributed by atoms with Crippen LogP contribution in [0.3, 0.4) is 0 Å². The minimum Gasteiger partial charge on any atom is -0.361 e. The van der Waals surface area contributed by atoms with Crippen molar-refractivity contribution in [2.24, 2.45) is 0 Å². The van der Waals surface area contributed by atoms with E-state index in [1.807, 2.05) is 0 Å². The van der Waals surface area contributed by atoms with Gasteiger partial charge in [0.05, 0.1) is 5.02 Å². The van der Waals surface area contributed by atoms with Gasteiger partial charge in [-0.1, -0.05) is 11.6 Å². The highest BCUT2D eigenvalue weighted by molar-refractivity contribution is 7.86. The molecule has 2 N–H and O–H groups in total. The highest BCUT2D eigenvalue weighted by Gasteiger charge is 2.15. The molecule has 1 aromatic heterocycles. The molecule has 0 saturated heterocycles. The first-order valence-electron chi connectivity index (χ1n) is 3.72. The Labute approximate surface area is 85.3 Å². The van der Waals surface area contributed by atoms with Crippen LogP contribution in [0.5, 0.6) is 0 Å². The second kappa shape index (κ2) is 2.98. The SMILES string of the molecule is O=S(=O)(O)c1cc2[nH]ccc2cc1Cl. The van der Waals surface area contributed by atoms with Crippen LogP contribution in [0.25, 0.3) is 10.9 Å². The van der Waals surface area contributed by atoms with E-state index in [2.05, 4.69) is 4.98 Å². The van der Waals surface area contributed by atoms with E-state index in [0.717, 1.165) is 5.39 Å². The van der Waals surface area contributed by atoms with E-state index >= 15 is 0 Å². The molecule has 74 valence electrons. The fraction of sp³-hybridized carbons (Fsp3) is 0. The predicted octanol–water partition coefficient (Wildman–Crippen LogP) is 2.07. The molecule has 6 heteroatoms. The molecule has 4 nitrogen and oxygen atoms in total. The van der Waals surface area contributed by atoms with Gasteiger partial charge in [0.2, 0.25) is 0 Å². The molecule has 0 unspecified atom stereocenters. The van der Waals surface area contributed by atoms with Gasteiger partial charge in [-0.15, -0.1) is 0 Å². The van der Waals surface area contributed by atoms with Crippen LogP contribution >= 0.6 is 11.6 Å². The Morgan fingerprint density at radius 1 is 1.36 bits per heavy atom. The Hall–Kier alpha value is -1.04. The summed E-state index contributed by atoms with van der Waals surface area (Å²) < 4.78 is 30.6. The Balaban J connectivity index is 2.84. The summed E-state index contributed by atoms with van der Waals surface area (Å²) in [6.07, 6.45) is 1.66. The molecule has 1 aromatic carbocycles. The zero-order valence-electron chi connectivity index (χ0n) is 6.86. The van der Waals surface area contributed by atoms with E-state index in [1.165, 1.54) is 12.1 Å². The standard InChI is InChI=1S/C8H6ClNO3S/c9-6-3-5-1-2-10-7(5)4-8(6)14(11,12)13/h1-4,10H,(H,11,12,13). The average Bonchev–Trinajstić information content (AvgIpc) is 2.47. The summed E-state index contributed by atoms with van der Waals surface area (Å²) in [7, 11) is -4.25. The Morgan fingerprint density at radius 2 is 2.07 bits per heavy atom. The number of rotatable bonds is 1. The molecular formula is C8H6ClNO3S. The van der Waals surface area contributed by atoms with Gasteiger partial charge in [0.1, 0.15) is 4.90 Å². The number of aromatic amines is 1. The van der Waals surface area contributed by atoms with Gasteiger partial charge >= 0.3 is 0 Å². The van der Waals surface area contributed by atoms with E-state index in [4.69, 9.17) is 16.2 Å². The van der Waals surface area contributed by atoms with Gasteiger partial charge in [0.25, 0.3) is 10.1 Å². The number of benzene rings is 1. The maximum atomic E-state index is 10.9. The average molecular weight is 232 g/mol. The lowest BCUT2D eigenvalue weighted by Crippen LogP contribution is -1.98. The molecule has 0 aliphatic carbocycles. The highest BCUT2D eigenvalue weighted by atomic mass is 35.5. The lowest BCUT2D eigenvalue weighted by atomic mass is 10.2. The van der Waals surface area contributed by atoms with Crippen molar-refractivity contribution in [3.05, 3.63) is 29.4 Å². The second-order valence-corrected chi connectivity index (χ2v) is 4.62. The van der Waals surface area contributed by atoms with Crippen LogP contribution in [-0.4, -0.2) is 18.0 Å². The van der Waals surface area contributed by atoms with Gasteiger partial charge < -0.3 is 4.98 Å². The zero-order chi connectivity index (χ0) is 10.3. The molecule has 0 atom stereocenters. The van der Waals surface area contributed by atoms with Crippen molar-refractivity contribution >= 4 is 32.6 Å². The molecule has 14 heavy (non-hydrogen) atoms. The molecule has 0 aliphatic rings. The minimum absolute atomic E-state index is 0.0135. The second-order valence-electron chi connectivity index (χ2n) is 2.82. The van der Waals surface area contributed by atoms with Gasteiger partial charge in [-0.05, 0) is 18.2 Å². The van der Waals surface area contributed by atoms with Crippen molar-refractivity contribution in [2.45, 2.75) is 4.90 Å². The third kappa shape index (κ3) is 1.50. The summed E-state index contributed by atoms with van der Waals surface area (Å²) >= 11 is 5.69. The lowest BCUT2D eigenvalue weighted by Gasteiger charge is -2.00. The molecule has 0 radical (unpaired) electrons. The Bertz CT molecular complexity index is 588. The van der Waals surface area contributed by atoms with Crippen molar-refractivity contribution in [1.29, 1.82) is 0 Å². The van der Waals surface area contributed by atoms with Crippen LogP contribution in [0.15, 0.2) is 29.3 Å². The summed E-state index contributed by atoms with van der Waals surface area (Å²) in [5.41, 5.74) is 0.613. The van der Waals surface area contributed by atoms with Crippen LogP contribution in [0.1, 0.15) is 0 Å². The van der Waals surface area contributed by atoms with Crippen LogP contribution < -0.4 is 0 Å². The summed E-state index contributed by atoms with van der Waals surface area (Å²) in [4.78, 5) is 2.54. The number of hydrogen-bond donors (Lipinski definition) is 2. The highest BCUT2D eigenvalue weighted by Crippen LogP contribution is 2.26. The number of halogens is 1. The van der Waals surface area contributed by atoms with Gasteiger partial charge in [-0.2, -0.15) is 8.42 Å². The molecule has 0 saturated carbocycles. The van der Waals surface area contributed by atoms with Crippen molar-refractivity contribution in [3.8, 4) is 0 Å². The maximum absolute atomic E-state index is 10.9. The third-order valence-corrected chi connectivity index (χ3v) is 3.20. The Morgan fingerprint density at radius 3 is 2.71 bits per heavy atom. The lowest BCUT2D eigenvalue weighted by molar-refractivity contribution is 0.483. The summed E-state index contributed by atoms with van der Waals surface area (Å²) in [6, 6.07) is 4.54. The topological polar surface area (TPSA) is 70.2 Å². The predicted molar refractivity (Wildman–Crippen MR) is 53.1 cm³/mol. The molecule has 1 heterocycles. The van der Waals surface area contributed by atoms with Gasteiger partial charge in [0, 0.05) is 17.1 Å². The minimum atomic E-state index is -4.25. The van der Waals surface area contributed by atoms with Crippen LogP contribution in [0.2, 0.25) is 5.02 Å². The monoisotopic (exact) mass is 231 g/mol. The molecular weight excluding hydrogens is 226 g/mol. The van der Waals surface area contributed by atoms with Crippen molar-refractivity contribution in [1.82, 2.24) is 4.98 Å². The van der Waals surface area contributed by atoms with E-state index in [0.29, 0.717) is 5.52 Å². The third-order valence-electron chi connectivity index (χ3n) is 1.88. The Kier molecular flexibility index (Phi) is 2.02. The number of fused-ring (bicyclic) bond motifs is 1.